The van der Waals surface area contributed by atoms with Gasteiger partial charge in [-0.3, -0.25) is 0 Å². The lowest BCUT2D eigenvalue weighted by Crippen LogP contribution is -2.16. The molecule has 1 aromatic rings. The number of nitrogens with two attached hydrogens (primary N) is 1. The van der Waals surface area contributed by atoms with Gasteiger partial charge in [0.05, 0.1) is 12.3 Å². The van der Waals surface area contributed by atoms with Crippen LogP contribution in [-0.2, 0) is 16.4 Å². The second kappa shape index (κ2) is 3.95. The zero-order chi connectivity index (χ0) is 10.8. The first-order chi connectivity index (χ1) is 6.44. The van der Waals surface area contributed by atoms with E-state index in [0.29, 0.717) is 12.4 Å². The normalized spacial score (nSPS) is 11.9. The minimum absolute atomic E-state index is 0.0765. The number of aromatic nitrogens is 3. The minimum atomic E-state index is -2.95. The first-order valence-electron chi connectivity index (χ1n) is 4.32. The molecule has 0 spiro atoms. The molecule has 1 rings (SSSR count). The Balaban J connectivity index is 2.67. The summed E-state index contributed by atoms with van der Waals surface area (Å²) in [6.45, 7) is 3.67. The Morgan fingerprint density at radius 2 is 2.14 bits per heavy atom. The van der Waals surface area contributed by atoms with Crippen molar-refractivity contribution in [1.82, 2.24) is 14.8 Å². The van der Waals surface area contributed by atoms with Gasteiger partial charge in [0.1, 0.15) is 5.82 Å². The molecule has 0 aliphatic heterocycles. The van der Waals surface area contributed by atoms with E-state index in [0.717, 1.165) is 0 Å². The molecule has 0 aliphatic carbocycles. The Morgan fingerprint density at radius 3 is 2.57 bits per heavy atom. The average Bonchev–Trinajstić information content (AvgIpc) is 2.42. The van der Waals surface area contributed by atoms with Gasteiger partial charge in [0, 0.05) is 5.75 Å². The van der Waals surface area contributed by atoms with E-state index in [9.17, 15) is 8.42 Å². The Bertz CT molecular complexity index is 409. The highest BCUT2D eigenvalue weighted by atomic mass is 32.2. The lowest BCUT2D eigenvalue weighted by Gasteiger charge is -2.02. The van der Waals surface area contributed by atoms with E-state index < -0.39 is 9.84 Å². The molecule has 0 radical (unpaired) electrons. The molecule has 7 heteroatoms. The minimum Gasteiger partial charge on any atom is -0.366 e. The first kappa shape index (κ1) is 11.0. The van der Waals surface area contributed by atoms with E-state index in [1.165, 1.54) is 4.68 Å². The van der Waals surface area contributed by atoms with E-state index >= 15 is 0 Å². The van der Waals surface area contributed by atoms with Crippen LogP contribution in [0, 0.1) is 6.92 Å². The molecule has 1 heterocycles. The summed E-state index contributed by atoms with van der Waals surface area (Å²) in [5.74, 6) is 1.04. The van der Waals surface area contributed by atoms with Crippen LogP contribution in [0.2, 0.25) is 0 Å². The number of anilines is 1. The van der Waals surface area contributed by atoms with Crippen molar-refractivity contribution in [1.29, 1.82) is 0 Å². The van der Waals surface area contributed by atoms with Gasteiger partial charge in [0.15, 0.2) is 9.84 Å². The molecular formula is C7H14N4O2S. The highest BCUT2D eigenvalue weighted by Crippen LogP contribution is 1.99. The van der Waals surface area contributed by atoms with E-state index in [1.807, 2.05) is 0 Å². The summed E-state index contributed by atoms with van der Waals surface area (Å²) in [6, 6.07) is 0. The van der Waals surface area contributed by atoms with Crippen LogP contribution in [0.25, 0.3) is 0 Å². The number of hydrogen-bond acceptors (Lipinski definition) is 5. The molecule has 0 saturated heterocycles. The molecule has 2 N–H and O–H groups in total. The van der Waals surface area contributed by atoms with E-state index in [4.69, 9.17) is 5.73 Å². The average molecular weight is 218 g/mol. The molecule has 6 nitrogen and oxygen atoms in total. The zero-order valence-electron chi connectivity index (χ0n) is 8.27. The van der Waals surface area contributed by atoms with Gasteiger partial charge in [-0.2, -0.15) is 4.98 Å². The van der Waals surface area contributed by atoms with Crippen molar-refractivity contribution in [2.75, 3.05) is 17.2 Å². The molecule has 80 valence electrons. The van der Waals surface area contributed by atoms with E-state index in [2.05, 4.69) is 10.1 Å². The second-order valence-electron chi connectivity index (χ2n) is 2.98. The summed E-state index contributed by atoms with van der Waals surface area (Å²) in [5.41, 5.74) is 5.36. The largest absolute Gasteiger partial charge is 0.366 e. The third-order valence-electron chi connectivity index (χ3n) is 1.93. The summed E-state index contributed by atoms with van der Waals surface area (Å²) >= 11 is 0. The fourth-order valence-electron chi connectivity index (χ4n) is 1.02. The van der Waals surface area contributed by atoms with Gasteiger partial charge in [-0.1, -0.05) is 6.92 Å². The van der Waals surface area contributed by atoms with Crippen LogP contribution in [0.5, 0.6) is 0 Å². The lowest BCUT2D eigenvalue weighted by molar-refractivity contribution is 0.578. The van der Waals surface area contributed by atoms with Crippen molar-refractivity contribution in [3.8, 4) is 0 Å². The maximum absolute atomic E-state index is 11.2. The van der Waals surface area contributed by atoms with Crippen LogP contribution < -0.4 is 5.73 Å². The number of rotatable bonds is 4. The molecule has 14 heavy (non-hydrogen) atoms. The number of nitrogens with zero attached hydrogens (tertiary/aromatic N) is 3. The number of sulfone groups is 1. The van der Waals surface area contributed by atoms with Crippen LogP contribution in [0.1, 0.15) is 12.7 Å². The first-order valence-corrected chi connectivity index (χ1v) is 6.14. The fraction of sp³-hybridized carbons (Fsp3) is 0.714. The van der Waals surface area contributed by atoms with Crippen LogP contribution in [0.4, 0.5) is 5.95 Å². The Morgan fingerprint density at radius 1 is 1.50 bits per heavy atom. The van der Waals surface area contributed by atoms with Crippen molar-refractivity contribution in [3.05, 3.63) is 5.82 Å². The van der Waals surface area contributed by atoms with Gasteiger partial charge in [-0.15, -0.1) is 5.10 Å². The summed E-state index contributed by atoms with van der Waals surface area (Å²) in [4.78, 5) is 3.87. The van der Waals surface area contributed by atoms with Crippen LogP contribution in [-0.4, -0.2) is 34.7 Å². The van der Waals surface area contributed by atoms with Crippen molar-refractivity contribution in [2.24, 2.45) is 0 Å². The molecule has 0 saturated carbocycles. The Hall–Kier alpha value is -1.11. The van der Waals surface area contributed by atoms with Gasteiger partial charge in [0.25, 0.3) is 0 Å². The molecule has 0 aliphatic rings. The summed E-state index contributed by atoms with van der Waals surface area (Å²) in [6.07, 6.45) is 0. The maximum Gasteiger partial charge on any atom is 0.239 e. The third-order valence-corrected chi connectivity index (χ3v) is 3.61. The van der Waals surface area contributed by atoms with Crippen molar-refractivity contribution in [3.63, 3.8) is 0 Å². The van der Waals surface area contributed by atoms with Crippen molar-refractivity contribution in [2.45, 2.75) is 20.4 Å². The predicted molar refractivity (Wildman–Crippen MR) is 53.5 cm³/mol. The molecular weight excluding hydrogens is 204 g/mol. The quantitative estimate of drug-likeness (QED) is 0.742. The fourth-order valence-corrected chi connectivity index (χ4v) is 1.76. The standard InChI is InChI=1S/C7H14N4O2S/c1-3-14(12,13)5-4-11-6(2)9-7(8)10-11/h3-5H2,1-2H3,(H2,8,10). The molecule has 0 aromatic carbocycles. The number of hydrogen-bond donors (Lipinski definition) is 1. The monoisotopic (exact) mass is 218 g/mol. The van der Waals surface area contributed by atoms with Gasteiger partial charge >= 0.3 is 0 Å². The topological polar surface area (TPSA) is 90.9 Å². The van der Waals surface area contributed by atoms with Gasteiger partial charge in [0.2, 0.25) is 5.95 Å². The maximum atomic E-state index is 11.2. The van der Waals surface area contributed by atoms with Gasteiger partial charge < -0.3 is 5.73 Å². The van der Waals surface area contributed by atoms with Crippen molar-refractivity contribution >= 4 is 15.8 Å². The van der Waals surface area contributed by atoms with Gasteiger partial charge in [-0.25, -0.2) is 13.1 Å². The SMILES string of the molecule is CCS(=O)(=O)CCn1nc(N)nc1C. The highest BCUT2D eigenvalue weighted by Gasteiger charge is 2.09. The number of nitrogen functional groups attached to an aromatic ring is 1. The highest BCUT2D eigenvalue weighted by molar-refractivity contribution is 7.91. The third kappa shape index (κ3) is 2.69. The zero-order valence-corrected chi connectivity index (χ0v) is 9.08. The Labute approximate surface area is 83.0 Å². The lowest BCUT2D eigenvalue weighted by atomic mass is 10.6. The van der Waals surface area contributed by atoms with Crippen LogP contribution in [0.15, 0.2) is 0 Å². The smallest absolute Gasteiger partial charge is 0.239 e. The van der Waals surface area contributed by atoms with E-state index in [-0.39, 0.29) is 17.5 Å². The molecule has 1 aromatic heterocycles. The molecule has 0 atom stereocenters. The molecule has 0 unspecified atom stereocenters. The summed E-state index contributed by atoms with van der Waals surface area (Å²) in [5, 5.41) is 3.87. The number of aryl methyl sites for hydroxylation is 2. The molecule has 0 bridgehead atoms. The van der Waals surface area contributed by atoms with Crippen LogP contribution >= 0.6 is 0 Å². The van der Waals surface area contributed by atoms with E-state index in [1.54, 1.807) is 13.8 Å². The van der Waals surface area contributed by atoms with Gasteiger partial charge in [-0.05, 0) is 6.92 Å². The predicted octanol–water partition coefficient (Wildman–Crippen LogP) is -0.397. The molecule has 0 amide bonds. The van der Waals surface area contributed by atoms with Crippen LogP contribution in [0.3, 0.4) is 0 Å². The second-order valence-corrected chi connectivity index (χ2v) is 5.45. The molecule has 0 fully saturated rings. The van der Waals surface area contributed by atoms with Crippen molar-refractivity contribution < 1.29 is 8.42 Å². The Kier molecular flexibility index (Phi) is 3.10. The summed E-state index contributed by atoms with van der Waals surface area (Å²) < 4.78 is 23.9. The summed E-state index contributed by atoms with van der Waals surface area (Å²) in [7, 11) is -2.95.